The molecular formula is H4O2TiZr2. The van der Waals surface area contributed by atoms with Crippen molar-refractivity contribution in [2.24, 2.45) is 0 Å². The largest absolute Gasteiger partial charge is 0.412 e. The average molecular weight is 266 g/mol. The van der Waals surface area contributed by atoms with E-state index in [4.69, 9.17) is 0 Å². The second-order valence-corrected chi connectivity index (χ2v) is 0. The van der Waals surface area contributed by atoms with E-state index in [9.17, 15) is 0 Å². The van der Waals surface area contributed by atoms with Gasteiger partial charge in [0.15, 0.2) is 0 Å². The van der Waals surface area contributed by atoms with Gasteiger partial charge in [0, 0.05) is 74.1 Å². The molecule has 28 valence electrons. The Morgan fingerprint density at radius 2 is 0.600 bits per heavy atom. The Morgan fingerprint density at radius 1 is 0.600 bits per heavy atom. The van der Waals surface area contributed by atoms with Crippen molar-refractivity contribution in [1.82, 2.24) is 0 Å². The molecule has 0 radical (unpaired) electrons. The molecule has 0 bridgehead atoms. The third-order valence-electron chi connectivity index (χ3n) is 0. The molecule has 0 saturated carbocycles. The SMILES string of the molecule is O.O.[Ti].[Zr].[Zr]. The summed E-state index contributed by atoms with van der Waals surface area (Å²) in [6, 6.07) is 0. The number of hydrogen-bond acceptors (Lipinski definition) is 0. The predicted molar refractivity (Wildman–Crippen MR) is 7.23 cm³/mol. The van der Waals surface area contributed by atoms with Crippen LogP contribution in [0.5, 0.6) is 0 Å². The quantitative estimate of drug-likeness (QED) is 0.471. The standard InChI is InChI=1S/2H2O.Ti.2Zr/h2*1H2;;;. The molecule has 4 N–H and O–H groups in total. The van der Waals surface area contributed by atoms with Crippen LogP contribution < -0.4 is 0 Å². The van der Waals surface area contributed by atoms with Crippen molar-refractivity contribution in [2.75, 3.05) is 0 Å². The summed E-state index contributed by atoms with van der Waals surface area (Å²) in [6.45, 7) is 0. The first-order valence-corrected chi connectivity index (χ1v) is 0. The maximum Gasteiger partial charge on any atom is 0 e. The summed E-state index contributed by atoms with van der Waals surface area (Å²) in [6.07, 6.45) is 0. The first-order chi connectivity index (χ1) is 0. The van der Waals surface area contributed by atoms with Crippen LogP contribution in [0.25, 0.3) is 0 Å². The van der Waals surface area contributed by atoms with Crippen LogP contribution in [0.1, 0.15) is 0 Å². The van der Waals surface area contributed by atoms with Crippen molar-refractivity contribution in [3.05, 3.63) is 0 Å². The fraction of sp³-hybridized carbons (Fsp3) is 0. The Morgan fingerprint density at radius 3 is 0.600 bits per heavy atom. The van der Waals surface area contributed by atoms with Crippen molar-refractivity contribution in [2.45, 2.75) is 0 Å². The normalized spacial score (nSPS) is 0. The minimum absolute atomic E-state index is 0. The summed E-state index contributed by atoms with van der Waals surface area (Å²) < 4.78 is 0. The molecule has 0 aliphatic rings. The molecule has 0 rings (SSSR count). The Hall–Kier alpha value is 2.40. The molecule has 5 heavy (non-hydrogen) atoms. The van der Waals surface area contributed by atoms with Gasteiger partial charge >= 0.3 is 0 Å². The van der Waals surface area contributed by atoms with Gasteiger partial charge in [-0.05, 0) is 0 Å². The van der Waals surface area contributed by atoms with Crippen LogP contribution in [0.2, 0.25) is 0 Å². The van der Waals surface area contributed by atoms with Crippen LogP contribution in [-0.4, -0.2) is 11.0 Å². The summed E-state index contributed by atoms with van der Waals surface area (Å²) in [5.74, 6) is 0. The van der Waals surface area contributed by atoms with Crippen LogP contribution in [0, 0.1) is 0 Å². The maximum atomic E-state index is 0. The Labute approximate surface area is 83.8 Å². The molecule has 0 aromatic rings. The Kier molecular flexibility index (Phi) is 341. The zero-order chi connectivity index (χ0) is 0. The molecule has 0 fully saturated rings. The van der Waals surface area contributed by atoms with Gasteiger partial charge in [0.1, 0.15) is 0 Å². The topological polar surface area (TPSA) is 63.0 Å². The van der Waals surface area contributed by atoms with Crippen molar-refractivity contribution in [3.63, 3.8) is 0 Å². The minimum Gasteiger partial charge on any atom is -0.412 e. The molecule has 0 spiro atoms. The molecule has 0 amide bonds. The van der Waals surface area contributed by atoms with E-state index < -0.39 is 0 Å². The third kappa shape index (κ3) is 21.5. The van der Waals surface area contributed by atoms with Gasteiger partial charge < -0.3 is 11.0 Å². The molecule has 0 aromatic carbocycles. The second kappa shape index (κ2) is 32.4. The smallest absolute Gasteiger partial charge is 0 e. The van der Waals surface area contributed by atoms with Gasteiger partial charge in [-0.2, -0.15) is 0 Å². The first-order valence-electron chi connectivity index (χ1n) is 0. The van der Waals surface area contributed by atoms with E-state index in [1.165, 1.54) is 0 Å². The summed E-state index contributed by atoms with van der Waals surface area (Å²) >= 11 is 0. The van der Waals surface area contributed by atoms with Gasteiger partial charge in [-0.3, -0.25) is 0 Å². The summed E-state index contributed by atoms with van der Waals surface area (Å²) in [4.78, 5) is 0. The molecule has 0 heterocycles. The van der Waals surface area contributed by atoms with E-state index in [-0.39, 0.29) is 85.1 Å². The van der Waals surface area contributed by atoms with Gasteiger partial charge in [-0.25, -0.2) is 0 Å². The molecule has 0 aliphatic heterocycles. The van der Waals surface area contributed by atoms with Crippen molar-refractivity contribution < 1.29 is 85.1 Å². The number of rotatable bonds is 0. The van der Waals surface area contributed by atoms with Gasteiger partial charge in [0.05, 0.1) is 0 Å². The fourth-order valence-electron chi connectivity index (χ4n) is 0. The summed E-state index contributed by atoms with van der Waals surface area (Å²) in [7, 11) is 0. The van der Waals surface area contributed by atoms with Crippen molar-refractivity contribution in [3.8, 4) is 0 Å². The van der Waals surface area contributed by atoms with Crippen molar-refractivity contribution in [1.29, 1.82) is 0 Å². The van der Waals surface area contributed by atoms with E-state index in [0.717, 1.165) is 0 Å². The van der Waals surface area contributed by atoms with Gasteiger partial charge in [-0.1, -0.05) is 0 Å². The van der Waals surface area contributed by atoms with E-state index in [0.29, 0.717) is 0 Å². The van der Waals surface area contributed by atoms with Crippen LogP contribution >= 0.6 is 0 Å². The summed E-state index contributed by atoms with van der Waals surface area (Å²) in [5, 5.41) is 0. The zero-order valence-corrected chi connectivity index (χ0v) is 8.98. The minimum atomic E-state index is 0. The van der Waals surface area contributed by atoms with Crippen LogP contribution in [0.15, 0.2) is 0 Å². The van der Waals surface area contributed by atoms with Crippen molar-refractivity contribution >= 4 is 0 Å². The zero-order valence-electron chi connectivity index (χ0n) is 2.50. The molecule has 0 unspecified atom stereocenters. The van der Waals surface area contributed by atoms with Crippen LogP contribution in [-0.2, 0) is 74.1 Å². The molecule has 0 aromatic heterocycles. The molecule has 0 atom stereocenters. The van der Waals surface area contributed by atoms with Gasteiger partial charge in [-0.15, -0.1) is 0 Å². The number of hydrogen-bond donors (Lipinski definition) is 0. The molecule has 0 saturated heterocycles. The monoisotopic (exact) mass is 264 g/mol. The summed E-state index contributed by atoms with van der Waals surface area (Å²) in [5.41, 5.74) is 0. The first kappa shape index (κ1) is 52.6. The predicted octanol–water partition coefficient (Wildman–Crippen LogP) is -1.66. The Bertz CT molecular complexity index is 7.61. The van der Waals surface area contributed by atoms with E-state index in [1.54, 1.807) is 0 Å². The van der Waals surface area contributed by atoms with Gasteiger partial charge in [0.25, 0.3) is 0 Å². The van der Waals surface area contributed by atoms with E-state index in [2.05, 4.69) is 0 Å². The average Bonchev–Trinajstić information content (AvgIpc) is 0. The van der Waals surface area contributed by atoms with E-state index >= 15 is 0 Å². The van der Waals surface area contributed by atoms with Crippen LogP contribution in [0.4, 0.5) is 0 Å². The fourth-order valence-corrected chi connectivity index (χ4v) is 0. The molecule has 5 heteroatoms. The molecular weight excluding hydrogens is 262 g/mol. The molecule has 0 aliphatic carbocycles. The third-order valence-corrected chi connectivity index (χ3v) is 0. The second-order valence-electron chi connectivity index (χ2n) is 0. The van der Waals surface area contributed by atoms with E-state index in [1.807, 2.05) is 0 Å². The van der Waals surface area contributed by atoms with Gasteiger partial charge in [0.2, 0.25) is 0 Å². The Balaban J connectivity index is 0. The maximum absolute atomic E-state index is 0. The molecule has 2 nitrogen and oxygen atoms in total. The van der Waals surface area contributed by atoms with Crippen LogP contribution in [0.3, 0.4) is 0 Å².